The van der Waals surface area contributed by atoms with E-state index in [1.165, 1.54) is 0 Å². The summed E-state index contributed by atoms with van der Waals surface area (Å²) < 4.78 is 5.32. The number of nitrogens with one attached hydrogen (secondary N) is 1. The van der Waals surface area contributed by atoms with E-state index in [0.717, 1.165) is 26.0 Å². The van der Waals surface area contributed by atoms with Crippen molar-refractivity contribution < 1.29 is 4.74 Å². The first-order valence-corrected chi connectivity index (χ1v) is 4.38. The highest BCUT2D eigenvalue weighted by molar-refractivity contribution is 6.20. The van der Waals surface area contributed by atoms with Crippen LogP contribution in [-0.4, -0.2) is 24.8 Å². The molecule has 0 spiro atoms. The number of hydrogen-bond donors (Lipinski definition) is 1. The molecule has 1 heterocycles. The Kier molecular flexibility index (Phi) is 3.91. The average molecular weight is 176 g/mol. The number of halogens is 1. The van der Waals surface area contributed by atoms with Gasteiger partial charge in [-0.05, 0) is 19.4 Å². The summed E-state index contributed by atoms with van der Waals surface area (Å²) in [6.07, 6.45) is 3.77. The van der Waals surface area contributed by atoms with Crippen molar-refractivity contribution in [1.29, 1.82) is 0 Å². The zero-order valence-electron chi connectivity index (χ0n) is 6.55. The monoisotopic (exact) mass is 175 g/mol. The average Bonchev–Trinajstić information content (AvgIpc) is 2.18. The number of alkyl halides is 1. The minimum absolute atomic E-state index is 0.199. The lowest BCUT2D eigenvalue weighted by atomic mass is 10.2. The second-order valence-corrected chi connectivity index (χ2v) is 3.09. The zero-order valence-corrected chi connectivity index (χ0v) is 7.31. The Morgan fingerprint density at radius 1 is 1.73 bits per heavy atom. The van der Waals surface area contributed by atoms with E-state index in [9.17, 15) is 0 Å². The van der Waals surface area contributed by atoms with Crippen LogP contribution >= 0.6 is 11.6 Å². The van der Waals surface area contributed by atoms with Gasteiger partial charge in [-0.15, -0.1) is 6.58 Å². The molecule has 3 heteroatoms. The van der Waals surface area contributed by atoms with Crippen LogP contribution in [0, 0.1) is 0 Å². The van der Waals surface area contributed by atoms with Gasteiger partial charge in [-0.25, -0.2) is 0 Å². The molecule has 0 aromatic rings. The van der Waals surface area contributed by atoms with Crippen molar-refractivity contribution in [2.24, 2.45) is 0 Å². The molecular formula is C8H14ClNO. The van der Waals surface area contributed by atoms with Crippen molar-refractivity contribution in [3.8, 4) is 0 Å². The second kappa shape index (κ2) is 4.75. The van der Waals surface area contributed by atoms with Crippen molar-refractivity contribution in [3.63, 3.8) is 0 Å². The van der Waals surface area contributed by atoms with Gasteiger partial charge in [0.15, 0.2) is 0 Å². The van der Waals surface area contributed by atoms with E-state index in [4.69, 9.17) is 16.3 Å². The smallest absolute Gasteiger partial charge is 0.146 e. The van der Waals surface area contributed by atoms with Gasteiger partial charge in [0.2, 0.25) is 0 Å². The molecule has 0 radical (unpaired) electrons. The van der Waals surface area contributed by atoms with Crippen LogP contribution in [0.15, 0.2) is 12.7 Å². The summed E-state index contributed by atoms with van der Waals surface area (Å²) in [4.78, 5) is 0. The fourth-order valence-electron chi connectivity index (χ4n) is 1.13. The molecule has 0 aromatic carbocycles. The minimum Gasteiger partial charge on any atom is -0.361 e. The lowest BCUT2D eigenvalue weighted by Gasteiger charge is -2.18. The summed E-state index contributed by atoms with van der Waals surface area (Å²) in [7, 11) is 0. The van der Waals surface area contributed by atoms with Crippen LogP contribution in [0.25, 0.3) is 0 Å². The van der Waals surface area contributed by atoms with Gasteiger partial charge in [0.05, 0.1) is 6.04 Å². The molecule has 2 nitrogen and oxygen atoms in total. The van der Waals surface area contributed by atoms with Crippen molar-refractivity contribution in [2.75, 3.05) is 13.2 Å². The molecule has 0 aromatic heterocycles. The van der Waals surface area contributed by atoms with Crippen LogP contribution in [0.4, 0.5) is 0 Å². The van der Waals surface area contributed by atoms with Gasteiger partial charge < -0.3 is 10.1 Å². The van der Waals surface area contributed by atoms with E-state index >= 15 is 0 Å². The largest absolute Gasteiger partial charge is 0.361 e. The summed E-state index contributed by atoms with van der Waals surface area (Å²) in [5, 5.41) is 3.30. The highest BCUT2D eigenvalue weighted by Crippen LogP contribution is 2.12. The van der Waals surface area contributed by atoms with Gasteiger partial charge in [0.25, 0.3) is 0 Å². The van der Waals surface area contributed by atoms with Crippen LogP contribution in [0.3, 0.4) is 0 Å². The lowest BCUT2D eigenvalue weighted by molar-refractivity contribution is 0.100. The molecule has 1 aliphatic rings. The fourth-order valence-corrected chi connectivity index (χ4v) is 1.42. The standard InChI is InChI=1S/C8H14ClNO/c1-2-4-7-8(9)11-6-3-5-10-7/h2,7-8,10H,1,3-6H2/t7-,8+/m0/s1. The number of hydrogen-bond acceptors (Lipinski definition) is 2. The van der Waals surface area contributed by atoms with Gasteiger partial charge in [-0.1, -0.05) is 17.7 Å². The molecule has 64 valence electrons. The third-order valence-electron chi connectivity index (χ3n) is 1.74. The Bertz CT molecular complexity index is 129. The number of rotatable bonds is 2. The van der Waals surface area contributed by atoms with E-state index in [1.807, 2.05) is 6.08 Å². The molecule has 1 fully saturated rings. The Hall–Kier alpha value is -0.0500. The van der Waals surface area contributed by atoms with E-state index in [-0.39, 0.29) is 11.6 Å². The first-order valence-electron chi connectivity index (χ1n) is 3.94. The van der Waals surface area contributed by atoms with Gasteiger partial charge in [0, 0.05) is 6.61 Å². The Morgan fingerprint density at radius 2 is 2.55 bits per heavy atom. The minimum atomic E-state index is -0.199. The highest BCUT2D eigenvalue weighted by Gasteiger charge is 2.19. The van der Waals surface area contributed by atoms with E-state index < -0.39 is 0 Å². The summed E-state index contributed by atoms with van der Waals surface area (Å²) in [5.74, 6) is 0. The van der Waals surface area contributed by atoms with Crippen LogP contribution in [0.1, 0.15) is 12.8 Å². The molecule has 0 amide bonds. The number of ether oxygens (including phenoxy) is 1. The first kappa shape index (κ1) is 9.04. The molecule has 2 atom stereocenters. The molecule has 1 aliphatic heterocycles. The third kappa shape index (κ3) is 2.81. The molecule has 0 aliphatic carbocycles. The Morgan fingerprint density at radius 3 is 3.27 bits per heavy atom. The topological polar surface area (TPSA) is 21.3 Å². The second-order valence-electron chi connectivity index (χ2n) is 2.66. The fraction of sp³-hybridized carbons (Fsp3) is 0.750. The summed E-state index contributed by atoms with van der Waals surface area (Å²) in [6.45, 7) is 5.41. The summed E-state index contributed by atoms with van der Waals surface area (Å²) >= 11 is 5.93. The van der Waals surface area contributed by atoms with Crippen molar-refractivity contribution in [1.82, 2.24) is 5.32 Å². The van der Waals surface area contributed by atoms with Crippen LogP contribution in [-0.2, 0) is 4.74 Å². The van der Waals surface area contributed by atoms with Crippen molar-refractivity contribution in [3.05, 3.63) is 12.7 Å². The summed E-state index contributed by atoms with van der Waals surface area (Å²) in [6, 6.07) is 0.233. The molecule has 0 bridgehead atoms. The summed E-state index contributed by atoms with van der Waals surface area (Å²) in [5.41, 5.74) is -0.199. The van der Waals surface area contributed by atoms with E-state index in [0.29, 0.717) is 0 Å². The van der Waals surface area contributed by atoms with Gasteiger partial charge in [0.1, 0.15) is 5.56 Å². The lowest BCUT2D eigenvalue weighted by Crippen LogP contribution is -2.35. The maximum Gasteiger partial charge on any atom is 0.146 e. The third-order valence-corrected chi connectivity index (χ3v) is 2.17. The molecule has 1 rings (SSSR count). The van der Waals surface area contributed by atoms with Gasteiger partial charge in [-0.3, -0.25) is 0 Å². The van der Waals surface area contributed by atoms with Crippen molar-refractivity contribution >= 4 is 11.6 Å². The van der Waals surface area contributed by atoms with E-state index in [2.05, 4.69) is 11.9 Å². The highest BCUT2D eigenvalue weighted by atomic mass is 35.5. The predicted molar refractivity (Wildman–Crippen MR) is 46.8 cm³/mol. The Labute approximate surface area is 72.6 Å². The predicted octanol–water partition coefficient (Wildman–Crippen LogP) is 1.51. The first-order chi connectivity index (χ1) is 5.34. The van der Waals surface area contributed by atoms with Gasteiger partial charge in [-0.2, -0.15) is 0 Å². The SMILES string of the molecule is C=CC[C@@H]1NCCCO[C@H]1Cl. The quantitative estimate of drug-likeness (QED) is 0.508. The molecule has 11 heavy (non-hydrogen) atoms. The molecule has 1 saturated heterocycles. The zero-order chi connectivity index (χ0) is 8.10. The van der Waals surface area contributed by atoms with Crippen LogP contribution in [0.2, 0.25) is 0 Å². The molecule has 0 saturated carbocycles. The van der Waals surface area contributed by atoms with Crippen LogP contribution in [0.5, 0.6) is 0 Å². The molecule has 0 unspecified atom stereocenters. The Balaban J connectivity index is 2.38. The molecule has 1 N–H and O–H groups in total. The molecular weight excluding hydrogens is 162 g/mol. The van der Waals surface area contributed by atoms with Gasteiger partial charge >= 0.3 is 0 Å². The van der Waals surface area contributed by atoms with Crippen molar-refractivity contribution in [2.45, 2.75) is 24.4 Å². The van der Waals surface area contributed by atoms with Crippen LogP contribution < -0.4 is 5.32 Å². The maximum atomic E-state index is 5.93. The maximum absolute atomic E-state index is 5.93. The van der Waals surface area contributed by atoms with E-state index in [1.54, 1.807) is 0 Å². The normalized spacial score (nSPS) is 32.8.